The van der Waals surface area contributed by atoms with Crippen LogP contribution in [0.15, 0.2) is 20.9 Å². The van der Waals surface area contributed by atoms with E-state index in [0.717, 1.165) is 10.6 Å². The van der Waals surface area contributed by atoms with Gasteiger partial charge in [-0.1, -0.05) is 0 Å². The summed E-state index contributed by atoms with van der Waals surface area (Å²) in [5.41, 5.74) is 2.56. The number of rotatable bonds is 5. The molecule has 0 atom stereocenters. The van der Waals surface area contributed by atoms with E-state index < -0.39 is 10.0 Å². The average Bonchev–Trinajstić information content (AvgIpc) is 2.96. The van der Waals surface area contributed by atoms with Crippen molar-refractivity contribution in [3.8, 4) is 0 Å². The van der Waals surface area contributed by atoms with Crippen LogP contribution in [0.2, 0.25) is 0 Å². The molecule has 20 heavy (non-hydrogen) atoms. The maximum absolute atomic E-state index is 12.5. The minimum Gasteiger partial charge on any atom is -0.464 e. The van der Waals surface area contributed by atoms with E-state index >= 15 is 0 Å². The fourth-order valence-corrected chi connectivity index (χ4v) is 4.14. The van der Waals surface area contributed by atoms with Gasteiger partial charge in [-0.05, 0) is 13.8 Å². The summed E-state index contributed by atoms with van der Waals surface area (Å²) in [6.07, 6.45) is 0. The van der Waals surface area contributed by atoms with E-state index in [1.54, 1.807) is 19.5 Å². The summed E-state index contributed by atoms with van der Waals surface area (Å²) in [4.78, 5) is 5.21. The van der Waals surface area contributed by atoms with Gasteiger partial charge in [0.15, 0.2) is 0 Å². The van der Waals surface area contributed by atoms with Crippen LogP contribution in [0, 0.1) is 13.8 Å². The van der Waals surface area contributed by atoms with Crippen LogP contribution in [0.3, 0.4) is 0 Å². The molecule has 110 valence electrons. The second kappa shape index (κ2) is 5.85. The Kier molecular flexibility index (Phi) is 4.53. The third-order valence-electron chi connectivity index (χ3n) is 2.95. The van der Waals surface area contributed by atoms with E-state index in [1.165, 1.54) is 21.7 Å². The summed E-state index contributed by atoms with van der Waals surface area (Å²) in [5, 5.41) is 0. The maximum Gasteiger partial charge on any atom is 0.246 e. The second-order valence-corrected chi connectivity index (χ2v) is 7.61. The lowest BCUT2D eigenvalue weighted by molar-refractivity contribution is 0.460. The number of thiazole rings is 1. The molecule has 2 rings (SSSR count). The van der Waals surface area contributed by atoms with Crippen LogP contribution in [0.4, 0.5) is 0 Å². The third kappa shape index (κ3) is 2.90. The Bertz CT molecular complexity index is 706. The molecule has 0 radical (unpaired) electrons. The molecule has 0 aliphatic rings. The van der Waals surface area contributed by atoms with Gasteiger partial charge in [0.05, 0.1) is 17.1 Å². The van der Waals surface area contributed by atoms with Crippen molar-refractivity contribution in [3.05, 3.63) is 33.7 Å². The molecule has 0 fully saturated rings. The SMILES string of the molecule is Cc1ncsc1CN(C)S(=O)(=O)c1cc(CCl)oc1C. The summed E-state index contributed by atoms with van der Waals surface area (Å²) in [7, 11) is -2.05. The standard InChI is InChI=1S/C12H15ClN2O3S2/c1-8-11(19-7-14-8)6-15(3)20(16,17)12-4-10(5-13)18-9(12)2/h4,7H,5-6H2,1-3H3. The molecule has 0 saturated carbocycles. The Morgan fingerprint density at radius 3 is 2.65 bits per heavy atom. The average molecular weight is 335 g/mol. The van der Waals surface area contributed by atoms with Crippen LogP contribution < -0.4 is 0 Å². The summed E-state index contributed by atoms with van der Waals surface area (Å²) < 4.78 is 31.7. The molecule has 2 aromatic heterocycles. The molecule has 0 aliphatic carbocycles. The lowest BCUT2D eigenvalue weighted by Crippen LogP contribution is -2.26. The smallest absolute Gasteiger partial charge is 0.246 e. The van der Waals surface area contributed by atoms with E-state index in [4.69, 9.17) is 16.0 Å². The highest BCUT2D eigenvalue weighted by Gasteiger charge is 2.26. The molecule has 2 heterocycles. The largest absolute Gasteiger partial charge is 0.464 e. The Morgan fingerprint density at radius 2 is 2.15 bits per heavy atom. The Balaban J connectivity index is 2.29. The Hall–Kier alpha value is -0.890. The van der Waals surface area contributed by atoms with Crippen LogP contribution in [0.25, 0.3) is 0 Å². The van der Waals surface area contributed by atoms with E-state index in [2.05, 4.69) is 4.98 Å². The van der Waals surface area contributed by atoms with Gasteiger partial charge in [0.2, 0.25) is 10.0 Å². The van der Waals surface area contributed by atoms with Crippen molar-refractivity contribution in [3.63, 3.8) is 0 Å². The van der Waals surface area contributed by atoms with Gasteiger partial charge in [-0.2, -0.15) is 4.31 Å². The molecule has 0 amide bonds. The molecule has 0 unspecified atom stereocenters. The Labute approximate surface area is 127 Å². The maximum atomic E-state index is 12.5. The van der Waals surface area contributed by atoms with E-state index in [-0.39, 0.29) is 10.8 Å². The predicted octanol–water partition coefficient (Wildman–Crippen LogP) is 2.91. The van der Waals surface area contributed by atoms with Gasteiger partial charge in [-0.15, -0.1) is 22.9 Å². The molecule has 0 spiro atoms. The van der Waals surface area contributed by atoms with Crippen LogP contribution in [0.5, 0.6) is 0 Å². The van der Waals surface area contributed by atoms with E-state index in [0.29, 0.717) is 18.1 Å². The zero-order valence-electron chi connectivity index (χ0n) is 11.4. The quantitative estimate of drug-likeness (QED) is 0.789. The van der Waals surface area contributed by atoms with Gasteiger partial charge >= 0.3 is 0 Å². The lowest BCUT2D eigenvalue weighted by atomic mass is 10.4. The number of hydrogen-bond donors (Lipinski definition) is 0. The molecule has 0 aliphatic heterocycles. The van der Waals surface area contributed by atoms with Crippen LogP contribution in [-0.4, -0.2) is 24.8 Å². The molecule has 0 N–H and O–H groups in total. The zero-order chi connectivity index (χ0) is 14.9. The first-order valence-corrected chi connectivity index (χ1v) is 8.72. The highest BCUT2D eigenvalue weighted by atomic mass is 35.5. The number of hydrogen-bond acceptors (Lipinski definition) is 5. The van der Waals surface area contributed by atoms with E-state index in [9.17, 15) is 8.42 Å². The molecule has 8 heteroatoms. The number of aromatic nitrogens is 1. The lowest BCUT2D eigenvalue weighted by Gasteiger charge is -2.15. The second-order valence-electron chi connectivity index (χ2n) is 4.39. The first kappa shape index (κ1) is 15.5. The predicted molar refractivity (Wildman–Crippen MR) is 78.5 cm³/mol. The summed E-state index contributed by atoms with van der Waals surface area (Å²) in [6, 6.07) is 1.48. The third-order valence-corrected chi connectivity index (χ3v) is 6.05. The minimum atomic E-state index is -3.59. The number of sulfonamides is 1. The van der Waals surface area contributed by atoms with Crippen molar-refractivity contribution in [1.29, 1.82) is 0 Å². The minimum absolute atomic E-state index is 0.147. The summed E-state index contributed by atoms with van der Waals surface area (Å²) >= 11 is 7.11. The number of furan rings is 1. The molecule has 0 bridgehead atoms. The van der Waals surface area contributed by atoms with Crippen LogP contribution in [-0.2, 0) is 22.4 Å². The molecular weight excluding hydrogens is 320 g/mol. The normalized spacial score (nSPS) is 12.2. The van der Waals surface area contributed by atoms with Crippen molar-refractivity contribution in [2.75, 3.05) is 7.05 Å². The first-order chi connectivity index (χ1) is 9.36. The van der Waals surface area contributed by atoms with Gasteiger partial charge < -0.3 is 4.42 Å². The van der Waals surface area contributed by atoms with Crippen molar-refractivity contribution in [2.24, 2.45) is 0 Å². The fourth-order valence-electron chi connectivity index (χ4n) is 1.78. The molecule has 5 nitrogen and oxygen atoms in total. The topological polar surface area (TPSA) is 63.4 Å². The van der Waals surface area contributed by atoms with Gasteiger partial charge in [-0.3, -0.25) is 0 Å². The molecule has 0 saturated heterocycles. The zero-order valence-corrected chi connectivity index (χ0v) is 13.8. The van der Waals surface area contributed by atoms with Crippen molar-refractivity contribution in [1.82, 2.24) is 9.29 Å². The molecule has 0 aromatic carbocycles. The van der Waals surface area contributed by atoms with Crippen molar-refractivity contribution >= 4 is 33.0 Å². The fraction of sp³-hybridized carbons (Fsp3) is 0.417. The van der Waals surface area contributed by atoms with Crippen LogP contribution >= 0.6 is 22.9 Å². The molecule has 2 aromatic rings. The first-order valence-electron chi connectivity index (χ1n) is 5.87. The molecular formula is C12H15ClN2O3S2. The van der Waals surface area contributed by atoms with E-state index in [1.807, 2.05) is 6.92 Å². The number of nitrogens with zero attached hydrogens (tertiary/aromatic N) is 2. The number of alkyl halides is 1. The van der Waals surface area contributed by atoms with Crippen molar-refractivity contribution < 1.29 is 12.8 Å². The van der Waals surface area contributed by atoms with Gasteiger partial charge in [0.25, 0.3) is 0 Å². The highest BCUT2D eigenvalue weighted by Crippen LogP contribution is 2.25. The van der Waals surface area contributed by atoms with Gasteiger partial charge in [0.1, 0.15) is 16.4 Å². The summed E-state index contributed by atoms with van der Waals surface area (Å²) in [6.45, 7) is 3.77. The number of aryl methyl sites for hydroxylation is 2. The highest BCUT2D eigenvalue weighted by molar-refractivity contribution is 7.89. The van der Waals surface area contributed by atoms with Gasteiger partial charge in [0, 0.05) is 24.5 Å². The summed E-state index contributed by atoms with van der Waals surface area (Å²) in [5.74, 6) is 0.951. The monoisotopic (exact) mass is 334 g/mol. The van der Waals surface area contributed by atoms with Crippen LogP contribution in [0.1, 0.15) is 22.1 Å². The Morgan fingerprint density at radius 1 is 1.45 bits per heavy atom. The van der Waals surface area contributed by atoms with Crippen molar-refractivity contribution in [2.45, 2.75) is 31.2 Å². The number of halogens is 1. The van der Waals surface area contributed by atoms with Gasteiger partial charge in [-0.25, -0.2) is 13.4 Å².